The Morgan fingerprint density at radius 1 is 0.536 bits per heavy atom. The predicted molar refractivity (Wildman–Crippen MR) is 119 cm³/mol. The standard InChI is InChI=1S/C25H21O2P/c1-19-17-23(18-24(26)25(19)27)28(20-11-5-2-6-12-20,21-13-7-3-8-14-21)22-15-9-4-10-16-22/h2-18H,1H3,(H-,26,27)/p+1. The van der Waals surface area contributed by atoms with E-state index < -0.39 is 7.26 Å². The Labute approximate surface area is 166 Å². The third-order valence-corrected chi connectivity index (χ3v) is 9.33. The Morgan fingerprint density at radius 2 is 0.929 bits per heavy atom. The normalized spacial score (nSPS) is 11.3. The van der Waals surface area contributed by atoms with E-state index in [1.807, 2.05) is 31.2 Å². The third kappa shape index (κ3) is 2.96. The fourth-order valence-electron chi connectivity index (χ4n) is 3.79. The van der Waals surface area contributed by atoms with Crippen LogP contribution in [0.2, 0.25) is 0 Å². The van der Waals surface area contributed by atoms with Gasteiger partial charge in [0, 0.05) is 6.07 Å². The minimum absolute atomic E-state index is 0.0592. The van der Waals surface area contributed by atoms with Crippen LogP contribution in [0.25, 0.3) is 0 Å². The van der Waals surface area contributed by atoms with E-state index in [-0.39, 0.29) is 11.5 Å². The summed E-state index contributed by atoms with van der Waals surface area (Å²) in [5, 5.41) is 25.3. The summed E-state index contributed by atoms with van der Waals surface area (Å²) in [6.45, 7) is 1.83. The van der Waals surface area contributed by atoms with Crippen LogP contribution >= 0.6 is 7.26 Å². The highest BCUT2D eigenvalue weighted by atomic mass is 31.2. The molecule has 0 aliphatic rings. The van der Waals surface area contributed by atoms with Gasteiger partial charge in [0.1, 0.15) is 28.5 Å². The average Bonchev–Trinajstić information content (AvgIpc) is 2.75. The van der Waals surface area contributed by atoms with Crippen LogP contribution < -0.4 is 21.2 Å². The zero-order valence-electron chi connectivity index (χ0n) is 15.7. The molecule has 4 aromatic rings. The number of benzene rings is 4. The first-order valence-electron chi connectivity index (χ1n) is 9.23. The topological polar surface area (TPSA) is 40.5 Å². The largest absolute Gasteiger partial charge is 0.504 e. The van der Waals surface area contributed by atoms with Crippen LogP contribution in [0.3, 0.4) is 0 Å². The molecule has 0 saturated heterocycles. The summed E-state index contributed by atoms with van der Waals surface area (Å²) < 4.78 is 0. The Kier molecular flexibility index (Phi) is 4.90. The van der Waals surface area contributed by atoms with E-state index in [1.54, 1.807) is 6.07 Å². The molecule has 0 saturated carbocycles. The monoisotopic (exact) mass is 385 g/mol. The van der Waals surface area contributed by atoms with Gasteiger partial charge in [-0.1, -0.05) is 54.6 Å². The molecule has 138 valence electrons. The number of phenolic OH excluding ortho intramolecular Hbond substituents is 2. The summed E-state index contributed by atoms with van der Waals surface area (Å²) in [4.78, 5) is 0. The van der Waals surface area contributed by atoms with Crippen LogP contribution in [0.4, 0.5) is 0 Å². The Hall–Kier alpha value is -3.09. The van der Waals surface area contributed by atoms with E-state index in [9.17, 15) is 10.2 Å². The van der Waals surface area contributed by atoms with Crippen LogP contribution in [-0.4, -0.2) is 10.2 Å². The molecule has 2 N–H and O–H groups in total. The van der Waals surface area contributed by atoms with Gasteiger partial charge in [0.2, 0.25) is 0 Å². The van der Waals surface area contributed by atoms with Gasteiger partial charge in [-0.3, -0.25) is 0 Å². The van der Waals surface area contributed by atoms with Gasteiger partial charge >= 0.3 is 0 Å². The van der Waals surface area contributed by atoms with Crippen molar-refractivity contribution < 1.29 is 10.2 Å². The number of hydrogen-bond acceptors (Lipinski definition) is 2. The molecule has 0 fully saturated rings. The zero-order valence-corrected chi connectivity index (χ0v) is 16.6. The number of hydrogen-bond donors (Lipinski definition) is 2. The molecular weight excluding hydrogens is 363 g/mol. The molecule has 0 unspecified atom stereocenters. The quantitative estimate of drug-likeness (QED) is 0.411. The van der Waals surface area contributed by atoms with E-state index in [1.165, 1.54) is 15.9 Å². The summed E-state index contributed by atoms with van der Waals surface area (Å²) in [6, 6.07) is 35.1. The number of rotatable bonds is 4. The first kappa shape index (κ1) is 18.3. The molecule has 4 aromatic carbocycles. The molecule has 0 spiro atoms. The van der Waals surface area contributed by atoms with Crippen molar-refractivity contribution in [3.05, 3.63) is 109 Å². The maximum atomic E-state index is 10.5. The average molecular weight is 385 g/mol. The molecule has 0 bridgehead atoms. The van der Waals surface area contributed by atoms with Crippen molar-refractivity contribution >= 4 is 28.5 Å². The van der Waals surface area contributed by atoms with E-state index in [0.29, 0.717) is 5.56 Å². The van der Waals surface area contributed by atoms with Crippen molar-refractivity contribution in [1.82, 2.24) is 0 Å². The van der Waals surface area contributed by atoms with E-state index in [4.69, 9.17) is 0 Å². The molecule has 0 atom stereocenters. The third-order valence-electron chi connectivity index (χ3n) is 5.08. The van der Waals surface area contributed by atoms with Gasteiger partial charge in [0.25, 0.3) is 0 Å². The highest BCUT2D eigenvalue weighted by molar-refractivity contribution is 8.01. The van der Waals surface area contributed by atoms with Gasteiger partial charge in [-0.25, -0.2) is 0 Å². The second-order valence-corrected chi connectivity index (χ2v) is 10.2. The summed E-state index contributed by atoms with van der Waals surface area (Å²) >= 11 is 0. The summed E-state index contributed by atoms with van der Waals surface area (Å²) in [5.41, 5.74) is 0.669. The van der Waals surface area contributed by atoms with Gasteiger partial charge in [-0.2, -0.15) is 0 Å². The van der Waals surface area contributed by atoms with Gasteiger partial charge in [0.15, 0.2) is 11.5 Å². The van der Waals surface area contributed by atoms with Crippen molar-refractivity contribution in [2.75, 3.05) is 0 Å². The predicted octanol–water partition coefficient (Wildman–Crippen LogP) is 4.03. The minimum Gasteiger partial charge on any atom is -0.504 e. The summed E-state index contributed by atoms with van der Waals surface area (Å²) in [6.07, 6.45) is 0. The smallest absolute Gasteiger partial charge is 0.161 e. The Balaban J connectivity index is 2.17. The SMILES string of the molecule is Cc1cc([P+](c2ccccc2)(c2ccccc2)c2ccccc2)cc(O)c1O. The van der Waals surface area contributed by atoms with Crippen molar-refractivity contribution in [3.8, 4) is 11.5 Å². The molecule has 0 aromatic heterocycles. The highest BCUT2D eigenvalue weighted by Crippen LogP contribution is 2.55. The van der Waals surface area contributed by atoms with Crippen LogP contribution in [-0.2, 0) is 0 Å². The van der Waals surface area contributed by atoms with Crippen LogP contribution in [0, 0.1) is 6.92 Å². The summed E-state index contributed by atoms with van der Waals surface area (Å²) in [7, 11) is -2.25. The molecule has 0 heterocycles. The second kappa shape index (κ2) is 7.50. The molecule has 0 aliphatic heterocycles. The lowest BCUT2D eigenvalue weighted by atomic mass is 10.2. The maximum absolute atomic E-state index is 10.5. The van der Waals surface area contributed by atoms with Crippen LogP contribution in [0.15, 0.2) is 103 Å². The molecule has 28 heavy (non-hydrogen) atoms. The number of aryl methyl sites for hydroxylation is 1. The molecule has 0 amide bonds. The van der Waals surface area contributed by atoms with E-state index >= 15 is 0 Å². The van der Waals surface area contributed by atoms with Crippen molar-refractivity contribution in [3.63, 3.8) is 0 Å². The fourth-order valence-corrected chi connectivity index (χ4v) is 8.14. The van der Waals surface area contributed by atoms with Crippen molar-refractivity contribution in [1.29, 1.82) is 0 Å². The van der Waals surface area contributed by atoms with Gasteiger partial charge in [-0.05, 0) is 55.0 Å². The van der Waals surface area contributed by atoms with Crippen molar-refractivity contribution in [2.45, 2.75) is 6.92 Å². The van der Waals surface area contributed by atoms with E-state index in [2.05, 4.69) is 72.8 Å². The lowest BCUT2D eigenvalue weighted by Crippen LogP contribution is -2.38. The number of phenols is 2. The minimum atomic E-state index is -2.25. The van der Waals surface area contributed by atoms with Crippen LogP contribution in [0.5, 0.6) is 11.5 Å². The molecule has 0 aliphatic carbocycles. The summed E-state index contributed by atoms with van der Waals surface area (Å²) in [5.74, 6) is -0.141. The lowest BCUT2D eigenvalue weighted by molar-refractivity contribution is 0.401. The number of aromatic hydroxyl groups is 2. The highest BCUT2D eigenvalue weighted by Gasteiger charge is 2.48. The molecule has 2 nitrogen and oxygen atoms in total. The molecule has 0 radical (unpaired) electrons. The van der Waals surface area contributed by atoms with E-state index in [0.717, 1.165) is 5.30 Å². The molecule has 4 rings (SSSR count). The Bertz CT molecular complexity index is 958. The first-order valence-corrected chi connectivity index (χ1v) is 11.0. The molecular formula is C25H22O2P+. The zero-order chi connectivity index (χ0) is 19.6. The second-order valence-electron chi connectivity index (χ2n) is 6.81. The van der Waals surface area contributed by atoms with Gasteiger partial charge < -0.3 is 10.2 Å². The molecule has 3 heteroatoms. The van der Waals surface area contributed by atoms with Crippen molar-refractivity contribution in [2.24, 2.45) is 0 Å². The van der Waals surface area contributed by atoms with Gasteiger partial charge in [-0.15, -0.1) is 0 Å². The lowest BCUT2D eigenvalue weighted by Gasteiger charge is -2.28. The Morgan fingerprint density at radius 3 is 1.29 bits per heavy atom. The van der Waals surface area contributed by atoms with Gasteiger partial charge in [0.05, 0.1) is 0 Å². The maximum Gasteiger partial charge on any atom is 0.161 e. The first-order chi connectivity index (χ1) is 13.6. The van der Waals surface area contributed by atoms with Crippen LogP contribution in [0.1, 0.15) is 5.56 Å². The fraction of sp³-hybridized carbons (Fsp3) is 0.0400.